The lowest BCUT2D eigenvalue weighted by Crippen LogP contribution is -2.35. The first-order valence-electron chi connectivity index (χ1n) is 5.32. The molecule has 1 unspecified atom stereocenters. The first-order chi connectivity index (χ1) is 8.08. The van der Waals surface area contributed by atoms with Crippen molar-refractivity contribution >= 4 is 17.7 Å². The average molecular weight is 235 g/mol. The molecule has 1 aliphatic heterocycles. The van der Waals surface area contributed by atoms with Crippen LogP contribution in [0.25, 0.3) is 0 Å². The van der Waals surface area contributed by atoms with Crippen molar-refractivity contribution in [2.75, 3.05) is 11.5 Å². The molecule has 2 rings (SSSR count). The lowest BCUT2D eigenvalue weighted by molar-refractivity contribution is -0.137. The number of cyclic esters (lactones) is 1. The van der Waals surface area contributed by atoms with E-state index in [4.69, 9.17) is 9.84 Å². The maximum absolute atomic E-state index is 11.6. The van der Waals surface area contributed by atoms with Crippen LogP contribution in [0.2, 0.25) is 0 Å². The van der Waals surface area contributed by atoms with E-state index in [1.54, 1.807) is 12.1 Å². The van der Waals surface area contributed by atoms with Crippen LogP contribution in [-0.2, 0) is 9.53 Å². The Kier molecular flexibility index (Phi) is 2.99. The number of aryl methyl sites for hydroxylation is 1. The number of amides is 1. The smallest absolute Gasteiger partial charge is 0.414 e. The maximum atomic E-state index is 11.6. The molecule has 90 valence electrons. The van der Waals surface area contributed by atoms with Gasteiger partial charge < -0.3 is 9.84 Å². The molecular weight excluding hydrogens is 222 g/mol. The Morgan fingerprint density at radius 1 is 1.47 bits per heavy atom. The van der Waals surface area contributed by atoms with Crippen LogP contribution >= 0.6 is 0 Å². The molecule has 5 nitrogen and oxygen atoms in total. The zero-order chi connectivity index (χ0) is 12.4. The monoisotopic (exact) mass is 235 g/mol. The van der Waals surface area contributed by atoms with Gasteiger partial charge in [-0.1, -0.05) is 17.7 Å². The second-order valence-electron chi connectivity index (χ2n) is 4.03. The molecule has 1 atom stereocenters. The average Bonchev–Trinajstić information content (AvgIpc) is 2.61. The summed E-state index contributed by atoms with van der Waals surface area (Å²) in [5.41, 5.74) is 1.75. The van der Waals surface area contributed by atoms with Gasteiger partial charge in [-0.3, -0.25) is 9.69 Å². The third-order valence-corrected chi connectivity index (χ3v) is 2.68. The normalized spacial score (nSPS) is 19.2. The van der Waals surface area contributed by atoms with Gasteiger partial charge in [-0.25, -0.2) is 4.79 Å². The van der Waals surface area contributed by atoms with E-state index in [1.165, 1.54) is 4.90 Å². The number of rotatable bonds is 3. The van der Waals surface area contributed by atoms with Gasteiger partial charge in [0.15, 0.2) is 0 Å². The van der Waals surface area contributed by atoms with E-state index in [0.29, 0.717) is 5.69 Å². The minimum Gasteiger partial charge on any atom is -0.481 e. The number of benzene rings is 1. The van der Waals surface area contributed by atoms with Gasteiger partial charge in [0.05, 0.1) is 12.5 Å². The summed E-state index contributed by atoms with van der Waals surface area (Å²) in [7, 11) is 0. The van der Waals surface area contributed by atoms with Gasteiger partial charge in [-0.05, 0) is 19.1 Å². The molecule has 1 amide bonds. The highest BCUT2D eigenvalue weighted by Crippen LogP contribution is 2.24. The molecule has 1 fully saturated rings. The molecule has 1 saturated heterocycles. The van der Waals surface area contributed by atoms with Crippen LogP contribution in [-0.4, -0.2) is 29.8 Å². The molecule has 0 aromatic heterocycles. The molecule has 0 aliphatic carbocycles. The van der Waals surface area contributed by atoms with Crippen molar-refractivity contribution in [1.29, 1.82) is 0 Å². The highest BCUT2D eigenvalue weighted by atomic mass is 16.6. The number of carboxylic acid groups (broad SMARTS) is 1. The van der Waals surface area contributed by atoms with Crippen molar-refractivity contribution in [1.82, 2.24) is 0 Å². The number of nitrogens with zero attached hydrogens (tertiary/aromatic N) is 1. The van der Waals surface area contributed by atoms with Crippen molar-refractivity contribution in [2.24, 2.45) is 0 Å². The van der Waals surface area contributed by atoms with E-state index in [2.05, 4.69) is 0 Å². The molecule has 1 aliphatic rings. The highest BCUT2D eigenvalue weighted by molar-refractivity contribution is 5.91. The summed E-state index contributed by atoms with van der Waals surface area (Å²) >= 11 is 0. The Hall–Kier alpha value is -2.04. The lowest BCUT2D eigenvalue weighted by atomic mass is 10.1. The van der Waals surface area contributed by atoms with Gasteiger partial charge in [0.2, 0.25) is 0 Å². The minimum absolute atomic E-state index is 0.111. The van der Waals surface area contributed by atoms with Gasteiger partial charge >= 0.3 is 12.1 Å². The number of carbonyl (C=O) groups is 2. The summed E-state index contributed by atoms with van der Waals surface area (Å²) < 4.78 is 4.89. The second-order valence-corrected chi connectivity index (χ2v) is 4.03. The molecule has 0 spiro atoms. The Bertz CT molecular complexity index is 440. The third kappa shape index (κ3) is 2.38. The van der Waals surface area contributed by atoms with Crippen LogP contribution in [0.15, 0.2) is 24.3 Å². The molecule has 1 aromatic rings. The summed E-state index contributed by atoms with van der Waals surface area (Å²) in [4.78, 5) is 23.7. The van der Waals surface area contributed by atoms with Crippen molar-refractivity contribution < 1.29 is 19.4 Å². The summed E-state index contributed by atoms with van der Waals surface area (Å²) in [5.74, 6) is -0.939. The largest absolute Gasteiger partial charge is 0.481 e. The fourth-order valence-corrected chi connectivity index (χ4v) is 1.83. The second kappa shape index (κ2) is 4.45. The van der Waals surface area contributed by atoms with Crippen molar-refractivity contribution in [3.8, 4) is 0 Å². The summed E-state index contributed by atoms with van der Waals surface area (Å²) in [5, 5.41) is 8.78. The molecule has 1 heterocycles. The topological polar surface area (TPSA) is 66.8 Å². The number of aliphatic carboxylic acids is 1. The highest BCUT2D eigenvalue weighted by Gasteiger charge is 2.35. The van der Waals surface area contributed by atoms with Crippen molar-refractivity contribution in [2.45, 2.75) is 19.4 Å². The lowest BCUT2D eigenvalue weighted by Gasteiger charge is -2.20. The van der Waals surface area contributed by atoms with E-state index < -0.39 is 18.1 Å². The Morgan fingerprint density at radius 2 is 2.12 bits per heavy atom. The van der Waals surface area contributed by atoms with E-state index in [9.17, 15) is 9.59 Å². The van der Waals surface area contributed by atoms with Gasteiger partial charge in [0.25, 0.3) is 0 Å². The third-order valence-electron chi connectivity index (χ3n) is 2.68. The van der Waals surface area contributed by atoms with Crippen LogP contribution in [0.3, 0.4) is 0 Å². The molecule has 5 heteroatoms. The molecular formula is C12H13NO4. The van der Waals surface area contributed by atoms with Crippen molar-refractivity contribution in [3.63, 3.8) is 0 Å². The van der Waals surface area contributed by atoms with Crippen molar-refractivity contribution in [3.05, 3.63) is 29.8 Å². The number of carbonyl (C=O) groups excluding carboxylic acids is 1. The van der Waals surface area contributed by atoms with E-state index in [1.807, 2.05) is 19.1 Å². The number of hydrogen-bond acceptors (Lipinski definition) is 3. The fourth-order valence-electron chi connectivity index (χ4n) is 1.83. The predicted octanol–water partition coefficient (Wildman–Crippen LogP) is 1.79. The number of ether oxygens (including phenoxy) is 1. The van der Waals surface area contributed by atoms with Gasteiger partial charge in [-0.2, -0.15) is 0 Å². The summed E-state index contributed by atoms with van der Waals surface area (Å²) in [6, 6.07) is 6.90. The zero-order valence-electron chi connectivity index (χ0n) is 9.42. The standard InChI is InChI=1S/C12H13NO4/c1-8-2-4-9(5-3-8)13-10(6-11(14)15)7-17-12(13)16/h2-5,10H,6-7H2,1H3,(H,14,15). The SMILES string of the molecule is Cc1ccc(N2C(=O)OCC2CC(=O)O)cc1. The predicted molar refractivity (Wildman–Crippen MR) is 61.0 cm³/mol. The molecule has 1 N–H and O–H groups in total. The van der Waals surface area contributed by atoms with Gasteiger partial charge in [0, 0.05) is 5.69 Å². The van der Waals surface area contributed by atoms with Gasteiger partial charge in [0.1, 0.15) is 6.61 Å². The number of hydrogen-bond donors (Lipinski definition) is 1. The Balaban J connectivity index is 2.24. The number of carboxylic acids is 1. The maximum Gasteiger partial charge on any atom is 0.414 e. The van der Waals surface area contributed by atoms with Crippen LogP contribution in [0.1, 0.15) is 12.0 Å². The molecule has 0 bridgehead atoms. The molecule has 17 heavy (non-hydrogen) atoms. The zero-order valence-corrected chi connectivity index (χ0v) is 9.42. The van der Waals surface area contributed by atoms with Crippen LogP contribution < -0.4 is 4.90 Å². The van der Waals surface area contributed by atoms with Crippen LogP contribution in [0, 0.1) is 6.92 Å². The van der Waals surface area contributed by atoms with Crippen LogP contribution in [0.5, 0.6) is 0 Å². The van der Waals surface area contributed by atoms with Gasteiger partial charge in [-0.15, -0.1) is 0 Å². The first kappa shape index (κ1) is 11.4. The molecule has 0 radical (unpaired) electrons. The summed E-state index contributed by atoms with van der Waals surface area (Å²) in [6.07, 6.45) is -0.598. The first-order valence-corrected chi connectivity index (χ1v) is 5.32. The van der Waals surface area contributed by atoms with E-state index in [-0.39, 0.29) is 13.0 Å². The summed E-state index contributed by atoms with van der Waals surface area (Å²) in [6.45, 7) is 2.07. The Labute approximate surface area is 98.6 Å². The fraction of sp³-hybridized carbons (Fsp3) is 0.333. The Morgan fingerprint density at radius 3 is 2.71 bits per heavy atom. The molecule has 0 saturated carbocycles. The van der Waals surface area contributed by atoms with E-state index in [0.717, 1.165) is 5.56 Å². The minimum atomic E-state index is -0.939. The molecule has 1 aromatic carbocycles. The van der Waals surface area contributed by atoms with Crippen LogP contribution in [0.4, 0.5) is 10.5 Å². The number of anilines is 1. The quantitative estimate of drug-likeness (QED) is 0.867. The van der Waals surface area contributed by atoms with E-state index >= 15 is 0 Å².